The van der Waals surface area contributed by atoms with Gasteiger partial charge in [0.1, 0.15) is 11.6 Å². The zero-order valence-corrected chi connectivity index (χ0v) is 11.5. The number of Topliss-reactive ketones (excluding diaryl/α,β-unsaturated/α-hetero) is 2. The van der Waals surface area contributed by atoms with Crippen LogP contribution in [0.15, 0.2) is 25.1 Å². The maximum absolute atomic E-state index is 10.7. The molecule has 0 radical (unpaired) electrons. The Morgan fingerprint density at radius 3 is 1.65 bits per heavy atom. The van der Waals surface area contributed by atoms with Crippen LogP contribution in [0.3, 0.4) is 0 Å². The summed E-state index contributed by atoms with van der Waals surface area (Å²) in [6, 6.07) is 0. The van der Waals surface area contributed by atoms with E-state index in [1.807, 2.05) is 0 Å². The van der Waals surface area contributed by atoms with E-state index in [4.69, 9.17) is 0 Å². The Kier molecular flexibility index (Phi) is 15.1. The van der Waals surface area contributed by atoms with Gasteiger partial charge in [0.05, 0.1) is 12.8 Å². The van der Waals surface area contributed by atoms with Gasteiger partial charge in [0.25, 0.3) is 0 Å². The Labute approximate surface area is 120 Å². The largest absolute Gasteiger partial charge is 0.333 e. The Morgan fingerprint density at radius 2 is 1.35 bits per heavy atom. The predicted octanol–water partition coefficient (Wildman–Crippen LogP) is 1.48. The van der Waals surface area contributed by atoms with Crippen LogP contribution >= 0.6 is 0 Å². The number of rotatable bonds is 6. The molecular weight excluding hydrogens is 260 g/mol. The molecular formula is C14H24N2O4. The van der Waals surface area contributed by atoms with Crippen LogP contribution in [0.2, 0.25) is 0 Å². The van der Waals surface area contributed by atoms with E-state index in [0.717, 1.165) is 0 Å². The van der Waals surface area contributed by atoms with Crippen LogP contribution < -0.4 is 10.6 Å². The molecule has 2 amide bonds. The number of ketones is 2. The average molecular weight is 284 g/mol. The summed E-state index contributed by atoms with van der Waals surface area (Å²) in [5, 5.41) is 4.70. The summed E-state index contributed by atoms with van der Waals surface area (Å²) in [6.07, 6.45) is 1.13. The van der Waals surface area contributed by atoms with Crippen LogP contribution in [-0.4, -0.2) is 23.4 Å². The highest BCUT2D eigenvalue weighted by atomic mass is 16.2. The van der Waals surface area contributed by atoms with E-state index in [9.17, 15) is 19.2 Å². The summed E-state index contributed by atoms with van der Waals surface area (Å²) in [5.41, 5.74) is 0.561. The van der Waals surface area contributed by atoms with Crippen molar-refractivity contribution in [2.75, 3.05) is 0 Å². The number of carbonyl (C=O) groups excluding carboxylic acids is 4. The van der Waals surface area contributed by atoms with Gasteiger partial charge in [-0.25, -0.2) is 0 Å². The zero-order chi connectivity index (χ0) is 15.4. The molecule has 0 rings (SSSR count). The highest BCUT2D eigenvalue weighted by Gasteiger charge is 2.02. The third kappa shape index (κ3) is 21.1. The van der Waals surface area contributed by atoms with Crippen molar-refractivity contribution in [1.82, 2.24) is 10.6 Å². The quantitative estimate of drug-likeness (QED) is 0.722. The highest BCUT2D eigenvalue weighted by Crippen LogP contribution is 1.85. The first kappa shape index (κ1) is 22.9. The standard InChI is InChI=1S/C7H11NO2.C6H9NO2.CH4/c1-5(2)8-7(10)4-6(3)9;1-3-7-6(9)4-5(2)8;/h1,4H2,2-3H3,(H,8,10);3H,1,4H2,2H3,(H,7,9);1H4. The predicted molar refractivity (Wildman–Crippen MR) is 78.6 cm³/mol. The molecule has 0 aromatic heterocycles. The minimum absolute atomic E-state index is 0. The summed E-state index contributed by atoms with van der Waals surface area (Å²) >= 11 is 0. The Bertz CT molecular complexity index is 369. The van der Waals surface area contributed by atoms with Crippen molar-refractivity contribution in [1.29, 1.82) is 0 Å². The molecule has 6 nitrogen and oxygen atoms in total. The third-order valence-corrected chi connectivity index (χ3v) is 1.43. The minimum Gasteiger partial charge on any atom is -0.333 e. The van der Waals surface area contributed by atoms with Crippen LogP contribution in [0.5, 0.6) is 0 Å². The molecule has 0 aliphatic rings. The third-order valence-electron chi connectivity index (χ3n) is 1.43. The van der Waals surface area contributed by atoms with Crippen LogP contribution in [0.1, 0.15) is 41.0 Å². The fourth-order valence-electron chi connectivity index (χ4n) is 0.899. The first-order chi connectivity index (χ1) is 8.68. The number of allylic oxidation sites excluding steroid dienone is 1. The molecule has 0 saturated heterocycles. The van der Waals surface area contributed by atoms with Gasteiger partial charge in [-0.05, 0) is 27.0 Å². The summed E-state index contributed by atoms with van der Waals surface area (Å²) < 4.78 is 0. The van der Waals surface area contributed by atoms with Crippen LogP contribution in [-0.2, 0) is 19.2 Å². The molecule has 0 saturated carbocycles. The Morgan fingerprint density at radius 1 is 0.950 bits per heavy atom. The fraction of sp³-hybridized carbons (Fsp3) is 0.429. The maximum Gasteiger partial charge on any atom is 0.231 e. The van der Waals surface area contributed by atoms with E-state index in [1.54, 1.807) is 6.92 Å². The molecule has 0 unspecified atom stereocenters. The second-order valence-corrected chi connectivity index (χ2v) is 3.86. The van der Waals surface area contributed by atoms with Crippen molar-refractivity contribution in [3.05, 3.63) is 25.1 Å². The van der Waals surface area contributed by atoms with Crippen LogP contribution in [0.25, 0.3) is 0 Å². The first-order valence-electron chi connectivity index (χ1n) is 5.53. The molecule has 0 fully saturated rings. The van der Waals surface area contributed by atoms with Gasteiger partial charge in [0.15, 0.2) is 0 Å². The van der Waals surface area contributed by atoms with E-state index in [1.165, 1.54) is 20.0 Å². The molecule has 0 aliphatic carbocycles. The number of amides is 2. The van der Waals surface area contributed by atoms with Crippen LogP contribution in [0, 0.1) is 0 Å². The van der Waals surface area contributed by atoms with Gasteiger partial charge >= 0.3 is 0 Å². The molecule has 20 heavy (non-hydrogen) atoms. The van der Waals surface area contributed by atoms with Gasteiger partial charge in [-0.3, -0.25) is 19.2 Å². The molecule has 0 aromatic carbocycles. The van der Waals surface area contributed by atoms with Crippen molar-refractivity contribution < 1.29 is 19.2 Å². The molecule has 6 heteroatoms. The summed E-state index contributed by atoms with van der Waals surface area (Å²) in [6.45, 7) is 11.1. The highest BCUT2D eigenvalue weighted by molar-refractivity contribution is 5.97. The minimum atomic E-state index is -0.308. The van der Waals surface area contributed by atoms with Gasteiger partial charge in [-0.15, -0.1) is 0 Å². The average Bonchev–Trinajstić information content (AvgIpc) is 2.13. The Hall–Kier alpha value is -2.24. The van der Waals surface area contributed by atoms with Crippen molar-refractivity contribution in [3.63, 3.8) is 0 Å². The lowest BCUT2D eigenvalue weighted by Gasteiger charge is -1.99. The lowest BCUT2D eigenvalue weighted by atomic mass is 10.3. The first-order valence-corrected chi connectivity index (χ1v) is 5.53. The molecule has 0 aromatic rings. The van der Waals surface area contributed by atoms with E-state index >= 15 is 0 Å². The second kappa shape index (κ2) is 13.2. The molecule has 0 atom stereocenters. The van der Waals surface area contributed by atoms with Gasteiger partial charge in [0, 0.05) is 5.70 Å². The topological polar surface area (TPSA) is 92.3 Å². The van der Waals surface area contributed by atoms with Crippen molar-refractivity contribution in [2.45, 2.75) is 41.0 Å². The van der Waals surface area contributed by atoms with Gasteiger partial charge in [-0.2, -0.15) is 0 Å². The van der Waals surface area contributed by atoms with E-state index in [-0.39, 0.29) is 43.6 Å². The number of hydrogen-bond acceptors (Lipinski definition) is 4. The SMILES string of the molecule is C.C=C(C)NC(=O)CC(C)=O.C=CNC(=O)CC(C)=O. The van der Waals surface area contributed by atoms with Gasteiger partial charge < -0.3 is 10.6 Å². The van der Waals surface area contributed by atoms with Gasteiger partial charge in [-0.1, -0.05) is 20.6 Å². The van der Waals surface area contributed by atoms with Crippen LogP contribution in [0.4, 0.5) is 0 Å². The molecule has 0 aliphatic heterocycles. The van der Waals surface area contributed by atoms with Gasteiger partial charge in [0.2, 0.25) is 11.8 Å². The normalized spacial score (nSPS) is 7.95. The zero-order valence-electron chi connectivity index (χ0n) is 11.5. The van der Waals surface area contributed by atoms with E-state index in [2.05, 4.69) is 23.8 Å². The van der Waals surface area contributed by atoms with Crippen molar-refractivity contribution in [3.8, 4) is 0 Å². The smallest absolute Gasteiger partial charge is 0.231 e. The molecule has 114 valence electrons. The molecule has 0 spiro atoms. The second-order valence-electron chi connectivity index (χ2n) is 3.86. The maximum atomic E-state index is 10.7. The molecule has 0 bridgehead atoms. The molecule has 0 heterocycles. The van der Waals surface area contributed by atoms with Crippen molar-refractivity contribution >= 4 is 23.4 Å². The Balaban J connectivity index is -0.000000277. The number of nitrogens with one attached hydrogen (secondary N) is 2. The molecule has 2 N–H and O–H groups in total. The summed E-state index contributed by atoms with van der Waals surface area (Å²) in [7, 11) is 0. The number of carbonyl (C=O) groups is 4. The lowest BCUT2D eigenvalue weighted by Crippen LogP contribution is -2.22. The monoisotopic (exact) mass is 284 g/mol. The number of hydrogen-bond donors (Lipinski definition) is 2. The van der Waals surface area contributed by atoms with Crippen molar-refractivity contribution in [2.24, 2.45) is 0 Å². The fourth-order valence-corrected chi connectivity index (χ4v) is 0.899. The summed E-state index contributed by atoms with van der Waals surface area (Å²) in [4.78, 5) is 41.7. The summed E-state index contributed by atoms with van der Waals surface area (Å²) in [5.74, 6) is -0.884. The lowest BCUT2D eigenvalue weighted by molar-refractivity contribution is -0.128. The van der Waals surface area contributed by atoms with E-state index < -0.39 is 0 Å². The van der Waals surface area contributed by atoms with E-state index in [0.29, 0.717) is 5.70 Å².